The first kappa shape index (κ1) is 69.7. The highest BCUT2D eigenvalue weighted by molar-refractivity contribution is 9.11. The molecule has 21 nitrogen and oxygen atoms in total. The van der Waals surface area contributed by atoms with Crippen molar-refractivity contribution in [3.8, 4) is 6.07 Å². The average Bonchev–Trinajstić information content (AvgIpc) is 4.22. The Hall–Kier alpha value is -6.57. The number of nitrogens with two attached hydrogens (primary N) is 1. The molecule has 0 unspecified atom stereocenters. The Kier molecular flexibility index (Phi) is 30.1. The molecule has 25 heteroatoms. The van der Waals surface area contributed by atoms with Gasteiger partial charge in [-0.2, -0.15) is 5.26 Å². The van der Waals surface area contributed by atoms with Crippen LogP contribution in [-0.2, 0) is 43.1 Å². The number of ether oxygens (including phenoxy) is 2. The number of hydrogen-bond acceptors (Lipinski definition) is 17. The Bertz CT molecular complexity index is 2890. The molecular weight excluding hydrogens is 1270 g/mol. The molecule has 0 bridgehead atoms. The summed E-state index contributed by atoms with van der Waals surface area (Å²) in [5.41, 5.74) is 7.24. The van der Waals surface area contributed by atoms with E-state index in [9.17, 15) is 24.0 Å². The van der Waals surface area contributed by atoms with Gasteiger partial charge in [-0.1, -0.05) is 32.0 Å². The number of carboxylic acids is 1. The van der Waals surface area contributed by atoms with Crippen molar-refractivity contribution in [3.05, 3.63) is 132 Å². The lowest BCUT2D eigenvalue weighted by atomic mass is 9.99. The predicted octanol–water partition coefficient (Wildman–Crippen LogP) is 11.3. The maximum absolute atomic E-state index is 12.2. The quantitative estimate of drug-likeness (QED) is 0.116. The molecule has 3 aliphatic heterocycles. The van der Waals surface area contributed by atoms with Gasteiger partial charge in [0.05, 0.1) is 12.1 Å². The number of nitriles is 1. The van der Waals surface area contributed by atoms with Crippen molar-refractivity contribution in [3.63, 3.8) is 0 Å². The first-order valence-electron chi connectivity index (χ1n) is 26.4. The van der Waals surface area contributed by atoms with Gasteiger partial charge >= 0.3 is 18.2 Å². The summed E-state index contributed by atoms with van der Waals surface area (Å²) in [5, 5.41) is 32.3. The summed E-state index contributed by atoms with van der Waals surface area (Å²) in [6.45, 7) is 25.9. The van der Waals surface area contributed by atoms with Crippen LogP contribution >= 0.6 is 59.4 Å². The smallest absolute Gasteiger partial charge is 0.410 e. The largest absolute Gasteiger partial charge is 0.481 e. The van der Waals surface area contributed by atoms with Gasteiger partial charge in [0.15, 0.2) is 16.7 Å². The second-order valence-corrected chi connectivity index (χ2v) is 23.8. The van der Waals surface area contributed by atoms with E-state index in [1.165, 1.54) is 12.1 Å². The normalized spacial score (nSPS) is 16.0. The van der Waals surface area contributed by atoms with Crippen LogP contribution in [0.25, 0.3) is 4.85 Å². The van der Waals surface area contributed by atoms with Gasteiger partial charge in [0.1, 0.15) is 28.8 Å². The number of halogens is 4. The maximum atomic E-state index is 12.2. The molecule has 3 N–H and O–H groups in total. The molecule has 82 heavy (non-hydrogen) atoms. The Balaban J connectivity index is 0.000000280. The van der Waals surface area contributed by atoms with Crippen molar-refractivity contribution in [1.82, 2.24) is 45.1 Å². The van der Waals surface area contributed by atoms with E-state index in [2.05, 4.69) is 92.9 Å². The van der Waals surface area contributed by atoms with Crippen molar-refractivity contribution in [2.75, 3.05) is 44.2 Å². The minimum atomic E-state index is -0.861. The van der Waals surface area contributed by atoms with Gasteiger partial charge in [-0.05, 0) is 191 Å². The predicted molar refractivity (Wildman–Crippen MR) is 322 cm³/mol. The lowest BCUT2D eigenvalue weighted by Crippen LogP contribution is -2.36. The van der Waals surface area contributed by atoms with Crippen LogP contribution in [0.3, 0.4) is 0 Å². The third-order valence-corrected chi connectivity index (χ3v) is 13.0. The number of ketones is 2. The molecule has 0 spiro atoms. The number of amides is 2. The van der Waals surface area contributed by atoms with E-state index in [-0.39, 0.29) is 48.0 Å². The van der Waals surface area contributed by atoms with E-state index in [0.717, 1.165) is 69.5 Å². The van der Waals surface area contributed by atoms with E-state index in [1.54, 1.807) is 46.6 Å². The Morgan fingerprint density at radius 1 is 0.671 bits per heavy atom. The molecule has 8 rings (SSSR count). The number of aliphatic carboxylic acids is 1. The number of carbonyl (C=O) groups excluding carboxylic acids is 4. The van der Waals surface area contributed by atoms with Gasteiger partial charge in [0.25, 0.3) is 5.82 Å². The van der Waals surface area contributed by atoms with Crippen LogP contribution in [0, 0.1) is 29.7 Å². The fraction of sp³-hybridized carbons (Fsp3) is 0.474. The number of likely N-dealkylation sites (tertiary alicyclic amines) is 2. The second-order valence-electron chi connectivity index (χ2n) is 20.7. The molecule has 8 heterocycles. The number of pyridine rings is 3. The van der Waals surface area contributed by atoms with E-state index in [4.69, 9.17) is 43.7 Å². The molecule has 2 amide bonds. The van der Waals surface area contributed by atoms with E-state index in [1.807, 2.05) is 91.8 Å². The zero-order chi connectivity index (χ0) is 61.0. The van der Waals surface area contributed by atoms with Gasteiger partial charge in [-0.15, -0.1) is 10.2 Å². The van der Waals surface area contributed by atoms with Crippen LogP contribution < -0.4 is 10.6 Å². The molecule has 3 fully saturated rings. The summed E-state index contributed by atoms with van der Waals surface area (Å²) in [6.07, 6.45) is 8.87. The van der Waals surface area contributed by atoms with Crippen molar-refractivity contribution in [1.29, 1.82) is 5.26 Å². The molecule has 440 valence electrons. The average molecular weight is 1340 g/mol. The third-order valence-electron chi connectivity index (χ3n) is 11.4. The van der Waals surface area contributed by atoms with Crippen LogP contribution in [-0.4, -0.2) is 136 Å². The monoisotopic (exact) mass is 1340 g/mol. The van der Waals surface area contributed by atoms with Gasteiger partial charge in [-0.25, -0.2) is 9.59 Å². The number of carboxylic acid groups (broad SMARTS) is 1. The Labute approximate surface area is 510 Å². The standard InChI is InChI=1S/C17H16BrN5O.C17H23BrN2O3.C9H18N2O2.C7H6BrNO2.C5H2ClN3.C2H6/c18-13-1-2-14(20-10-13)8-16(24)7-12-5-6-23(11-12)17-4-3-15(9-19)21-22-17;1-17(2,3)23-16(22)20-7-6-12(11-20)8-15(21)9-14-5-4-13(18)10-19-14;1-9(2,3)13-8(12)11-5-4-7(10)6-11;8-5-1-2-6(9-4-5)3-7(10)11;1-7-5-3-2-4(6)8-9-5;1-2/h1-4,10,12H,5-8,11H2;4-5,10,12H,6-9,11H2,1-3H3;7H,4-6,10H2,1-3H3;1-2,4H,3H2,(H,10,11);2-3H;1-2H3/t2*12-;7-;;;/m110.../s1. The summed E-state index contributed by atoms with van der Waals surface area (Å²) >= 11 is 15.3. The van der Waals surface area contributed by atoms with Crippen LogP contribution in [0.15, 0.2) is 92.7 Å². The Morgan fingerprint density at radius 3 is 1.54 bits per heavy atom. The van der Waals surface area contributed by atoms with E-state index < -0.39 is 17.2 Å². The molecule has 0 aliphatic carbocycles. The zero-order valence-electron chi connectivity index (χ0n) is 47.4. The molecule has 5 aromatic heterocycles. The first-order valence-corrected chi connectivity index (χ1v) is 29.1. The van der Waals surface area contributed by atoms with Crippen molar-refractivity contribution < 1.29 is 38.6 Å². The van der Waals surface area contributed by atoms with Crippen molar-refractivity contribution in [2.24, 2.45) is 17.6 Å². The minimum absolute atomic E-state index is 0.0206. The van der Waals surface area contributed by atoms with Crippen LogP contribution in [0.1, 0.15) is 110 Å². The second kappa shape index (κ2) is 35.4. The molecule has 0 saturated carbocycles. The molecule has 3 saturated heterocycles. The Morgan fingerprint density at radius 2 is 1.15 bits per heavy atom. The topological polar surface area (TPSA) is 278 Å². The number of nitrogens with zero attached hydrogens (tertiary/aromatic N) is 12. The van der Waals surface area contributed by atoms with Gasteiger partial charge in [0.2, 0.25) is 0 Å². The molecule has 0 radical (unpaired) electrons. The van der Waals surface area contributed by atoms with Crippen LogP contribution in [0.4, 0.5) is 21.2 Å². The number of anilines is 1. The lowest BCUT2D eigenvalue weighted by Gasteiger charge is -2.24. The third kappa shape index (κ3) is 28.4. The first-order chi connectivity index (χ1) is 38.8. The summed E-state index contributed by atoms with van der Waals surface area (Å²) in [5.74, 6) is 1.08. The summed E-state index contributed by atoms with van der Waals surface area (Å²) in [6, 6.07) is 19.6. The van der Waals surface area contributed by atoms with E-state index >= 15 is 0 Å². The van der Waals surface area contributed by atoms with Crippen molar-refractivity contribution in [2.45, 2.75) is 124 Å². The highest BCUT2D eigenvalue weighted by Crippen LogP contribution is 2.26. The summed E-state index contributed by atoms with van der Waals surface area (Å²) < 4.78 is 13.2. The van der Waals surface area contributed by atoms with E-state index in [0.29, 0.717) is 67.8 Å². The fourth-order valence-corrected chi connectivity index (χ4v) is 8.59. The number of rotatable bonds is 11. The number of carbonyl (C=O) groups is 5. The van der Waals surface area contributed by atoms with Gasteiger partial charge in [0, 0.05) is 114 Å². The van der Waals surface area contributed by atoms with Crippen molar-refractivity contribution >= 4 is 101 Å². The fourth-order valence-electron chi connectivity index (χ4n) is 7.78. The number of aromatic nitrogens is 7. The van der Waals surface area contributed by atoms with Crippen LogP contribution in [0.5, 0.6) is 0 Å². The summed E-state index contributed by atoms with van der Waals surface area (Å²) in [4.78, 5) is 79.0. The van der Waals surface area contributed by atoms with Crippen LogP contribution in [0.2, 0.25) is 5.15 Å². The molecule has 5 aromatic rings. The number of hydrogen-bond donors (Lipinski definition) is 2. The molecule has 0 aromatic carbocycles. The highest BCUT2D eigenvalue weighted by Gasteiger charge is 2.31. The lowest BCUT2D eigenvalue weighted by molar-refractivity contribution is -0.136. The molecule has 3 atom stereocenters. The molecule has 3 aliphatic rings. The minimum Gasteiger partial charge on any atom is -0.481 e. The van der Waals surface area contributed by atoms with Gasteiger partial charge < -0.3 is 39.9 Å². The zero-order valence-corrected chi connectivity index (χ0v) is 52.9. The SMILES string of the molecule is CC.CC(C)(C)OC(=O)N1CC[C@H](CC(=O)Cc2ccc(Br)cn2)C1.CC(C)(C)OC(=O)N1CC[C@H](N)C1.N#Cc1ccc(N2CC[C@H](CC(=O)Cc3ccc(Br)cn3)C2)nn1.O=C(O)Cc1ccc(Br)cn1.[C-]#[N+]c1ccc(Cl)nn1. The highest BCUT2D eigenvalue weighted by atomic mass is 79.9. The number of Topliss-reactive ketones (excluding diaryl/α,β-unsaturated/α-hetero) is 2. The van der Waals surface area contributed by atoms with Gasteiger partial charge in [-0.3, -0.25) is 29.3 Å². The molecular formula is C57H71Br3ClN13O8. The summed E-state index contributed by atoms with van der Waals surface area (Å²) in [7, 11) is 0. The maximum Gasteiger partial charge on any atom is 0.410 e.